The average Bonchev–Trinajstić information content (AvgIpc) is 2.92. The van der Waals surface area contributed by atoms with Gasteiger partial charge in [-0.2, -0.15) is 0 Å². The van der Waals surface area contributed by atoms with E-state index in [-0.39, 0.29) is 11.7 Å². The second kappa shape index (κ2) is 7.81. The number of aryl methyl sites for hydroxylation is 2. The third-order valence-corrected chi connectivity index (χ3v) is 6.02. The predicted molar refractivity (Wildman–Crippen MR) is 121 cm³/mol. The lowest BCUT2D eigenvalue weighted by Gasteiger charge is -2.22. The number of hydrogen-bond donors (Lipinski definition) is 2. The SMILES string of the molecule is Nc1cc2ccc(=O)oc2cc1CCNC1c2ccccc2CCc2ccccc21. The number of nitrogens with two attached hydrogens (primary N) is 1. The lowest BCUT2D eigenvalue weighted by molar-refractivity contribution is 0.560. The van der Waals surface area contributed by atoms with Crippen LogP contribution in [-0.4, -0.2) is 6.54 Å². The van der Waals surface area contributed by atoms with Crippen molar-refractivity contribution in [1.29, 1.82) is 0 Å². The molecule has 150 valence electrons. The molecule has 0 amide bonds. The van der Waals surface area contributed by atoms with Crippen molar-refractivity contribution in [1.82, 2.24) is 5.32 Å². The molecule has 3 N–H and O–H groups in total. The molecule has 4 nitrogen and oxygen atoms in total. The van der Waals surface area contributed by atoms with Crippen molar-refractivity contribution in [3.05, 3.63) is 111 Å². The van der Waals surface area contributed by atoms with Crippen LogP contribution in [0.2, 0.25) is 0 Å². The highest BCUT2D eigenvalue weighted by molar-refractivity contribution is 5.81. The van der Waals surface area contributed by atoms with E-state index in [2.05, 4.69) is 53.8 Å². The first kappa shape index (κ1) is 18.6. The molecule has 1 heterocycles. The molecule has 0 unspecified atom stereocenters. The van der Waals surface area contributed by atoms with E-state index in [4.69, 9.17) is 10.2 Å². The van der Waals surface area contributed by atoms with Crippen LogP contribution >= 0.6 is 0 Å². The highest BCUT2D eigenvalue weighted by atomic mass is 16.4. The highest BCUT2D eigenvalue weighted by Gasteiger charge is 2.22. The standard InChI is InChI=1S/C26H24N2O2/c27-23-15-20-11-12-25(29)30-24(20)16-19(23)13-14-28-26-21-7-3-1-5-17(21)9-10-18-6-2-4-8-22(18)26/h1-8,11-12,15-16,26,28H,9-10,13-14,27H2. The summed E-state index contributed by atoms with van der Waals surface area (Å²) in [6, 6.07) is 24.5. The molecule has 0 radical (unpaired) electrons. The Bertz CT molecular complexity index is 1230. The Labute approximate surface area is 175 Å². The molecular formula is C26H24N2O2. The molecule has 0 spiro atoms. The fourth-order valence-corrected chi connectivity index (χ4v) is 4.49. The molecule has 0 fully saturated rings. The summed E-state index contributed by atoms with van der Waals surface area (Å²) >= 11 is 0. The molecule has 5 rings (SSSR count). The topological polar surface area (TPSA) is 68.3 Å². The van der Waals surface area contributed by atoms with Crippen molar-refractivity contribution < 1.29 is 4.42 Å². The van der Waals surface area contributed by atoms with Gasteiger partial charge in [-0.25, -0.2) is 4.79 Å². The summed E-state index contributed by atoms with van der Waals surface area (Å²) in [5, 5.41) is 4.60. The second-order valence-corrected chi connectivity index (χ2v) is 7.88. The molecule has 1 aliphatic rings. The smallest absolute Gasteiger partial charge is 0.336 e. The number of benzene rings is 3. The fourth-order valence-electron chi connectivity index (χ4n) is 4.49. The van der Waals surface area contributed by atoms with Crippen molar-refractivity contribution >= 4 is 16.7 Å². The normalized spacial score (nSPS) is 13.6. The number of nitrogens with one attached hydrogen (secondary N) is 1. The maximum absolute atomic E-state index is 11.6. The Morgan fingerprint density at radius 2 is 1.57 bits per heavy atom. The summed E-state index contributed by atoms with van der Waals surface area (Å²) in [7, 11) is 0. The van der Waals surface area contributed by atoms with Crippen LogP contribution in [0.3, 0.4) is 0 Å². The van der Waals surface area contributed by atoms with E-state index in [1.807, 2.05) is 12.1 Å². The first-order valence-corrected chi connectivity index (χ1v) is 10.4. The van der Waals surface area contributed by atoms with Gasteiger partial charge in [-0.1, -0.05) is 48.5 Å². The van der Waals surface area contributed by atoms with Gasteiger partial charge >= 0.3 is 5.63 Å². The van der Waals surface area contributed by atoms with Crippen molar-refractivity contribution in [2.75, 3.05) is 12.3 Å². The summed E-state index contributed by atoms with van der Waals surface area (Å²) in [4.78, 5) is 11.6. The van der Waals surface area contributed by atoms with Gasteiger partial charge in [0, 0.05) is 23.7 Å². The van der Waals surface area contributed by atoms with E-state index in [0.29, 0.717) is 5.58 Å². The lowest BCUT2D eigenvalue weighted by Crippen LogP contribution is -2.25. The van der Waals surface area contributed by atoms with Crippen molar-refractivity contribution in [3.63, 3.8) is 0 Å². The van der Waals surface area contributed by atoms with Crippen molar-refractivity contribution in [3.8, 4) is 0 Å². The Hall–Kier alpha value is -3.37. The van der Waals surface area contributed by atoms with Gasteiger partial charge in [0.25, 0.3) is 0 Å². The zero-order valence-electron chi connectivity index (χ0n) is 16.7. The quantitative estimate of drug-likeness (QED) is 0.396. The van der Waals surface area contributed by atoms with Gasteiger partial charge < -0.3 is 15.5 Å². The average molecular weight is 396 g/mol. The predicted octanol–water partition coefficient (Wildman–Crippen LogP) is 4.40. The molecule has 0 saturated carbocycles. The summed E-state index contributed by atoms with van der Waals surface area (Å²) in [5.41, 5.74) is 13.7. The molecule has 0 atom stereocenters. The molecule has 4 heteroatoms. The highest BCUT2D eigenvalue weighted by Crippen LogP contribution is 2.32. The van der Waals surface area contributed by atoms with Gasteiger partial charge in [-0.05, 0) is 65.3 Å². The molecule has 0 aliphatic heterocycles. The molecule has 0 saturated heterocycles. The second-order valence-electron chi connectivity index (χ2n) is 7.88. The third kappa shape index (κ3) is 3.51. The van der Waals surface area contributed by atoms with E-state index in [1.54, 1.807) is 6.07 Å². The number of hydrogen-bond acceptors (Lipinski definition) is 4. The monoisotopic (exact) mass is 396 g/mol. The Kier molecular flexibility index (Phi) is 4.85. The van der Waals surface area contributed by atoms with Crippen LogP contribution in [0.4, 0.5) is 5.69 Å². The molecule has 0 bridgehead atoms. The Balaban J connectivity index is 1.42. The van der Waals surface area contributed by atoms with Gasteiger partial charge in [-0.3, -0.25) is 0 Å². The maximum atomic E-state index is 11.6. The van der Waals surface area contributed by atoms with Crippen molar-refractivity contribution in [2.24, 2.45) is 0 Å². The first-order valence-electron chi connectivity index (χ1n) is 10.4. The van der Waals surface area contributed by atoms with Gasteiger partial charge in [0.15, 0.2) is 0 Å². The van der Waals surface area contributed by atoms with Gasteiger partial charge in [0.2, 0.25) is 0 Å². The van der Waals surface area contributed by atoms with Gasteiger partial charge in [0.05, 0.1) is 6.04 Å². The largest absolute Gasteiger partial charge is 0.423 e. The van der Waals surface area contributed by atoms with E-state index in [1.165, 1.54) is 28.3 Å². The zero-order chi connectivity index (χ0) is 20.5. The summed E-state index contributed by atoms with van der Waals surface area (Å²) < 4.78 is 5.33. The van der Waals surface area contributed by atoms with E-state index >= 15 is 0 Å². The molecule has 3 aromatic carbocycles. The lowest BCUT2D eigenvalue weighted by atomic mass is 9.94. The molecule has 1 aromatic heterocycles. The summed E-state index contributed by atoms with van der Waals surface area (Å²) in [6.07, 6.45) is 2.87. The molecule has 30 heavy (non-hydrogen) atoms. The fraction of sp³-hybridized carbons (Fsp3) is 0.192. The van der Waals surface area contributed by atoms with Crippen LogP contribution in [0.15, 0.2) is 82.0 Å². The maximum Gasteiger partial charge on any atom is 0.336 e. The van der Waals surface area contributed by atoms with Crippen LogP contribution in [0.25, 0.3) is 11.0 Å². The zero-order valence-corrected chi connectivity index (χ0v) is 16.7. The van der Waals surface area contributed by atoms with Crippen LogP contribution in [0.5, 0.6) is 0 Å². The molecular weight excluding hydrogens is 372 g/mol. The number of fused-ring (bicyclic) bond motifs is 3. The third-order valence-electron chi connectivity index (χ3n) is 6.02. The van der Waals surface area contributed by atoms with Crippen LogP contribution in [0.1, 0.15) is 33.9 Å². The number of anilines is 1. The minimum absolute atomic E-state index is 0.152. The van der Waals surface area contributed by atoms with E-state index in [0.717, 1.165) is 42.4 Å². The van der Waals surface area contributed by atoms with E-state index in [9.17, 15) is 4.79 Å². The van der Waals surface area contributed by atoms with Crippen molar-refractivity contribution in [2.45, 2.75) is 25.3 Å². The number of nitrogen functional groups attached to an aromatic ring is 1. The Morgan fingerprint density at radius 1 is 0.900 bits per heavy atom. The minimum Gasteiger partial charge on any atom is -0.423 e. The van der Waals surface area contributed by atoms with Gasteiger partial charge in [-0.15, -0.1) is 0 Å². The van der Waals surface area contributed by atoms with E-state index < -0.39 is 0 Å². The molecule has 1 aliphatic carbocycles. The summed E-state index contributed by atoms with van der Waals surface area (Å²) in [6.45, 7) is 0.764. The van der Waals surface area contributed by atoms with Crippen LogP contribution in [0, 0.1) is 0 Å². The first-order chi connectivity index (χ1) is 14.7. The summed E-state index contributed by atoms with van der Waals surface area (Å²) in [5.74, 6) is 0. The van der Waals surface area contributed by atoms with Crippen LogP contribution in [-0.2, 0) is 19.3 Å². The van der Waals surface area contributed by atoms with Gasteiger partial charge in [0.1, 0.15) is 5.58 Å². The Morgan fingerprint density at radius 3 is 2.27 bits per heavy atom. The molecule has 4 aromatic rings. The number of rotatable bonds is 4. The van der Waals surface area contributed by atoms with Crippen LogP contribution < -0.4 is 16.7 Å². The minimum atomic E-state index is -0.344.